The lowest BCUT2D eigenvalue weighted by molar-refractivity contribution is 0.0526. The van der Waals surface area contributed by atoms with E-state index in [4.69, 9.17) is 13.9 Å². The summed E-state index contributed by atoms with van der Waals surface area (Å²) in [6, 6.07) is 21.9. The fraction of sp³-hybridized carbons (Fsp3) is 0.154. The molecule has 4 aromatic rings. The van der Waals surface area contributed by atoms with E-state index in [9.17, 15) is 9.59 Å². The fourth-order valence-corrected chi connectivity index (χ4v) is 3.41. The van der Waals surface area contributed by atoms with Crippen LogP contribution >= 0.6 is 0 Å². The van der Waals surface area contributed by atoms with E-state index >= 15 is 0 Å². The second-order valence-electron chi connectivity index (χ2n) is 7.22. The molecule has 0 saturated heterocycles. The van der Waals surface area contributed by atoms with Crippen LogP contribution in [0.5, 0.6) is 5.75 Å². The SMILES string of the molecule is CCOC(=O)c1ccc(NC(=O)c2c(C)oc3ccc(OCc4ccccc4)cc23)cc1. The van der Waals surface area contributed by atoms with Crippen LogP contribution in [0.4, 0.5) is 5.69 Å². The average Bonchev–Trinajstić information content (AvgIpc) is 3.14. The summed E-state index contributed by atoms with van der Waals surface area (Å²) in [5.74, 6) is 0.464. The molecule has 0 saturated carbocycles. The Hall–Kier alpha value is -4.06. The molecule has 0 radical (unpaired) electrons. The summed E-state index contributed by atoms with van der Waals surface area (Å²) in [5, 5.41) is 3.54. The van der Waals surface area contributed by atoms with Crippen molar-refractivity contribution in [2.24, 2.45) is 0 Å². The number of carbonyl (C=O) groups is 2. The van der Waals surface area contributed by atoms with Crippen LogP contribution in [0.25, 0.3) is 11.0 Å². The van der Waals surface area contributed by atoms with Crippen LogP contribution in [0, 0.1) is 6.92 Å². The fourth-order valence-electron chi connectivity index (χ4n) is 3.41. The van der Waals surface area contributed by atoms with E-state index in [1.807, 2.05) is 42.5 Å². The zero-order chi connectivity index (χ0) is 22.5. The molecule has 3 aromatic carbocycles. The molecule has 6 nitrogen and oxygen atoms in total. The van der Waals surface area contributed by atoms with E-state index in [1.165, 1.54) is 0 Å². The van der Waals surface area contributed by atoms with Crippen molar-refractivity contribution < 1.29 is 23.5 Å². The van der Waals surface area contributed by atoms with E-state index in [1.54, 1.807) is 44.2 Å². The summed E-state index contributed by atoms with van der Waals surface area (Å²) in [6.45, 7) is 4.24. The molecule has 1 amide bonds. The Labute approximate surface area is 185 Å². The van der Waals surface area contributed by atoms with Gasteiger partial charge in [0.05, 0.1) is 17.7 Å². The second-order valence-corrected chi connectivity index (χ2v) is 7.22. The van der Waals surface area contributed by atoms with Crippen LogP contribution in [-0.2, 0) is 11.3 Å². The molecule has 0 spiro atoms. The number of esters is 1. The minimum atomic E-state index is -0.398. The lowest BCUT2D eigenvalue weighted by Gasteiger charge is -2.08. The first-order valence-electron chi connectivity index (χ1n) is 10.3. The standard InChI is InChI=1S/C26H23NO5/c1-3-30-26(29)19-9-11-20(12-10-19)27-25(28)24-17(2)32-23-14-13-21(15-22(23)24)31-16-18-7-5-4-6-8-18/h4-15H,3,16H2,1-2H3,(H,27,28). The minimum Gasteiger partial charge on any atom is -0.489 e. The van der Waals surface area contributed by atoms with Gasteiger partial charge >= 0.3 is 5.97 Å². The molecule has 6 heteroatoms. The van der Waals surface area contributed by atoms with E-state index < -0.39 is 5.97 Å². The molecular weight excluding hydrogens is 406 g/mol. The molecule has 0 aliphatic heterocycles. The molecule has 1 aromatic heterocycles. The van der Waals surface area contributed by atoms with Crippen molar-refractivity contribution in [2.45, 2.75) is 20.5 Å². The summed E-state index contributed by atoms with van der Waals surface area (Å²) in [4.78, 5) is 24.8. The Morgan fingerprint density at radius 2 is 1.72 bits per heavy atom. The summed E-state index contributed by atoms with van der Waals surface area (Å²) in [6.07, 6.45) is 0. The maximum absolute atomic E-state index is 13.0. The summed E-state index contributed by atoms with van der Waals surface area (Å²) in [5.41, 5.74) is 3.10. The largest absolute Gasteiger partial charge is 0.489 e. The third kappa shape index (κ3) is 4.64. The first-order chi connectivity index (χ1) is 15.5. The lowest BCUT2D eigenvalue weighted by Crippen LogP contribution is -2.13. The number of hydrogen-bond acceptors (Lipinski definition) is 5. The van der Waals surface area contributed by atoms with E-state index in [-0.39, 0.29) is 5.91 Å². The van der Waals surface area contributed by atoms with Gasteiger partial charge in [-0.2, -0.15) is 0 Å². The first kappa shape index (κ1) is 21.2. The number of amides is 1. The van der Waals surface area contributed by atoms with Crippen LogP contribution in [0.1, 0.15) is 39.0 Å². The summed E-state index contributed by atoms with van der Waals surface area (Å²) < 4.78 is 16.7. The van der Waals surface area contributed by atoms with Crippen LogP contribution < -0.4 is 10.1 Å². The maximum Gasteiger partial charge on any atom is 0.338 e. The van der Waals surface area contributed by atoms with Gasteiger partial charge in [-0.1, -0.05) is 30.3 Å². The molecule has 0 fully saturated rings. The lowest BCUT2D eigenvalue weighted by atomic mass is 10.1. The predicted octanol–water partition coefficient (Wildman–Crippen LogP) is 5.75. The molecule has 1 heterocycles. The van der Waals surface area contributed by atoms with Gasteiger partial charge in [0.25, 0.3) is 5.91 Å². The predicted molar refractivity (Wildman–Crippen MR) is 122 cm³/mol. The maximum atomic E-state index is 13.0. The van der Waals surface area contributed by atoms with Crippen molar-refractivity contribution in [1.29, 1.82) is 0 Å². The second kappa shape index (κ2) is 9.39. The third-order valence-electron chi connectivity index (χ3n) is 4.96. The highest BCUT2D eigenvalue weighted by atomic mass is 16.5. The Bertz CT molecular complexity index is 1240. The van der Waals surface area contributed by atoms with Gasteiger partial charge in [-0.25, -0.2) is 4.79 Å². The van der Waals surface area contributed by atoms with Crippen molar-refractivity contribution in [3.8, 4) is 5.75 Å². The quantitative estimate of drug-likeness (QED) is 0.379. The van der Waals surface area contributed by atoms with Gasteiger partial charge < -0.3 is 19.2 Å². The van der Waals surface area contributed by atoms with Gasteiger partial charge in [-0.05, 0) is 61.9 Å². The number of hydrogen-bond donors (Lipinski definition) is 1. The van der Waals surface area contributed by atoms with Gasteiger partial charge in [0, 0.05) is 11.1 Å². The molecule has 0 aliphatic rings. The van der Waals surface area contributed by atoms with Crippen molar-refractivity contribution >= 4 is 28.5 Å². The minimum absolute atomic E-state index is 0.301. The smallest absolute Gasteiger partial charge is 0.338 e. The molecule has 0 atom stereocenters. The molecule has 162 valence electrons. The third-order valence-corrected chi connectivity index (χ3v) is 4.96. The number of carbonyl (C=O) groups excluding carboxylic acids is 2. The molecule has 4 rings (SSSR count). The van der Waals surface area contributed by atoms with E-state index in [2.05, 4.69) is 5.32 Å². The number of furan rings is 1. The Morgan fingerprint density at radius 1 is 0.969 bits per heavy atom. The monoisotopic (exact) mass is 429 g/mol. The van der Waals surface area contributed by atoms with Crippen molar-refractivity contribution in [3.63, 3.8) is 0 Å². The van der Waals surface area contributed by atoms with E-state index in [0.29, 0.717) is 52.5 Å². The number of rotatable bonds is 7. The highest BCUT2D eigenvalue weighted by molar-refractivity contribution is 6.13. The Kier molecular flexibility index (Phi) is 6.22. The molecule has 32 heavy (non-hydrogen) atoms. The number of aryl methyl sites for hydroxylation is 1. The van der Waals surface area contributed by atoms with Gasteiger partial charge in [-0.15, -0.1) is 0 Å². The van der Waals surface area contributed by atoms with Crippen molar-refractivity contribution in [3.05, 3.63) is 95.2 Å². The first-order valence-corrected chi connectivity index (χ1v) is 10.3. The molecular formula is C26H23NO5. The number of benzene rings is 3. The van der Waals surface area contributed by atoms with Gasteiger partial charge in [0.2, 0.25) is 0 Å². The van der Waals surface area contributed by atoms with Crippen LogP contribution in [0.3, 0.4) is 0 Å². The highest BCUT2D eigenvalue weighted by Gasteiger charge is 2.19. The van der Waals surface area contributed by atoms with Crippen molar-refractivity contribution in [1.82, 2.24) is 0 Å². The number of anilines is 1. The van der Waals surface area contributed by atoms with Crippen LogP contribution in [-0.4, -0.2) is 18.5 Å². The molecule has 0 bridgehead atoms. The zero-order valence-electron chi connectivity index (χ0n) is 17.9. The number of ether oxygens (including phenoxy) is 2. The summed E-state index contributed by atoms with van der Waals surface area (Å²) in [7, 11) is 0. The van der Waals surface area contributed by atoms with Crippen LogP contribution in [0.2, 0.25) is 0 Å². The summed E-state index contributed by atoms with van der Waals surface area (Å²) >= 11 is 0. The van der Waals surface area contributed by atoms with E-state index in [0.717, 1.165) is 5.56 Å². The molecule has 0 aliphatic carbocycles. The normalized spacial score (nSPS) is 10.7. The highest BCUT2D eigenvalue weighted by Crippen LogP contribution is 2.30. The molecule has 0 unspecified atom stereocenters. The molecule has 1 N–H and O–H groups in total. The van der Waals surface area contributed by atoms with Gasteiger partial charge in [0.1, 0.15) is 23.7 Å². The van der Waals surface area contributed by atoms with Crippen molar-refractivity contribution in [2.75, 3.05) is 11.9 Å². The number of fused-ring (bicyclic) bond motifs is 1. The van der Waals surface area contributed by atoms with Gasteiger partial charge in [0.15, 0.2) is 0 Å². The van der Waals surface area contributed by atoms with Crippen LogP contribution in [0.15, 0.2) is 77.2 Å². The Morgan fingerprint density at radius 3 is 2.44 bits per heavy atom. The van der Waals surface area contributed by atoms with Gasteiger partial charge in [-0.3, -0.25) is 4.79 Å². The average molecular weight is 429 g/mol. The zero-order valence-corrected chi connectivity index (χ0v) is 17.9. The number of nitrogens with one attached hydrogen (secondary N) is 1. The Balaban J connectivity index is 1.53. The topological polar surface area (TPSA) is 77.8 Å².